The van der Waals surface area contributed by atoms with Crippen LogP contribution in [-0.2, 0) is 22.4 Å². The van der Waals surface area contributed by atoms with Crippen molar-refractivity contribution in [3.63, 3.8) is 0 Å². The number of phenols is 2. The van der Waals surface area contributed by atoms with E-state index in [0.717, 1.165) is 11.1 Å². The van der Waals surface area contributed by atoms with Crippen LogP contribution in [0.15, 0.2) is 48.5 Å². The molecular weight excluding hydrogens is 362 g/mol. The van der Waals surface area contributed by atoms with E-state index in [1.54, 1.807) is 24.3 Å². The lowest BCUT2D eigenvalue weighted by Crippen LogP contribution is -2.53. The fourth-order valence-corrected chi connectivity index (χ4v) is 2.42. The molecule has 0 saturated carbocycles. The van der Waals surface area contributed by atoms with Crippen molar-refractivity contribution in [2.45, 2.75) is 24.9 Å². The van der Waals surface area contributed by atoms with Crippen LogP contribution >= 0.6 is 0 Å². The van der Waals surface area contributed by atoms with E-state index in [1.165, 1.54) is 24.3 Å². The van der Waals surface area contributed by atoms with Crippen LogP contribution < -0.4 is 22.1 Å². The van der Waals surface area contributed by atoms with Gasteiger partial charge in [-0.15, -0.1) is 0 Å². The maximum atomic E-state index is 12.1. The van der Waals surface area contributed by atoms with Gasteiger partial charge in [0.15, 0.2) is 0 Å². The van der Waals surface area contributed by atoms with E-state index in [1.807, 2.05) is 0 Å². The normalized spacial score (nSPS) is 12.6. The number of hydrogen-bond donors (Lipinski definition) is 7. The molecule has 0 aliphatic carbocycles. The van der Waals surface area contributed by atoms with E-state index in [0.29, 0.717) is 0 Å². The number of amides is 2. The zero-order valence-electron chi connectivity index (χ0n) is 15.1. The van der Waals surface area contributed by atoms with Gasteiger partial charge in [0.1, 0.15) is 11.5 Å². The van der Waals surface area contributed by atoms with Crippen LogP contribution in [0.2, 0.25) is 0 Å². The number of rotatable bonds is 6. The maximum absolute atomic E-state index is 12.1. The summed E-state index contributed by atoms with van der Waals surface area (Å²) >= 11 is 0. The van der Waals surface area contributed by atoms with Gasteiger partial charge in [0, 0.05) is 0 Å². The van der Waals surface area contributed by atoms with E-state index >= 15 is 0 Å². The van der Waals surface area contributed by atoms with Gasteiger partial charge in [0.05, 0.1) is 12.1 Å². The highest BCUT2D eigenvalue weighted by atomic mass is 16.3. The molecule has 0 bridgehead atoms. The number of hydrogen-bond acceptors (Lipinski definition) is 7. The number of nitrogens with two attached hydrogens (primary N) is 2. The van der Waals surface area contributed by atoms with Gasteiger partial charge in [0.25, 0.3) is 0 Å². The van der Waals surface area contributed by atoms with E-state index < -0.39 is 29.9 Å². The van der Waals surface area contributed by atoms with Gasteiger partial charge in [-0.25, -0.2) is 0 Å². The zero-order chi connectivity index (χ0) is 20.7. The largest absolute Gasteiger partial charge is 0.508 e. The van der Waals surface area contributed by atoms with Crippen LogP contribution in [0, 0.1) is 5.41 Å². The van der Waals surface area contributed by atoms with Crippen LogP contribution in [0.4, 0.5) is 0 Å². The van der Waals surface area contributed by atoms with E-state index in [-0.39, 0.29) is 24.3 Å². The van der Waals surface area contributed by atoms with Crippen molar-refractivity contribution in [1.29, 1.82) is 5.41 Å². The molecule has 2 aromatic rings. The van der Waals surface area contributed by atoms with Crippen LogP contribution in [0.1, 0.15) is 11.1 Å². The first-order valence-electron chi connectivity index (χ1n) is 8.52. The number of aromatic hydroxyl groups is 2. The fourth-order valence-electron chi connectivity index (χ4n) is 2.42. The Morgan fingerprint density at radius 1 is 0.786 bits per heavy atom. The SMILES string of the molecule is N=C(NC(=O)C(N)Cc1ccc(O)cc1)NC(=O)C(N)Cc1ccc(O)cc1. The summed E-state index contributed by atoms with van der Waals surface area (Å²) in [5, 5.41) is 30.7. The van der Waals surface area contributed by atoms with Gasteiger partial charge >= 0.3 is 0 Å². The number of nitrogens with one attached hydrogen (secondary N) is 3. The van der Waals surface area contributed by atoms with Crippen molar-refractivity contribution in [1.82, 2.24) is 10.6 Å². The Bertz CT molecular complexity index is 767. The van der Waals surface area contributed by atoms with Gasteiger partial charge in [-0.3, -0.25) is 25.6 Å². The van der Waals surface area contributed by atoms with Crippen LogP contribution in [0.5, 0.6) is 11.5 Å². The predicted octanol–water partition coefficient (Wildman–Crippen LogP) is -0.295. The summed E-state index contributed by atoms with van der Waals surface area (Å²) in [5.74, 6) is -1.57. The molecule has 2 aromatic carbocycles. The first-order valence-corrected chi connectivity index (χ1v) is 8.52. The molecule has 9 heteroatoms. The van der Waals surface area contributed by atoms with Gasteiger partial charge in [-0.1, -0.05) is 24.3 Å². The molecule has 0 spiro atoms. The molecule has 0 aliphatic heterocycles. The minimum Gasteiger partial charge on any atom is -0.508 e. The molecule has 9 N–H and O–H groups in total. The molecule has 2 rings (SSSR count). The topological polar surface area (TPSA) is 175 Å². The monoisotopic (exact) mass is 385 g/mol. The van der Waals surface area contributed by atoms with Crippen molar-refractivity contribution in [2.24, 2.45) is 11.5 Å². The lowest BCUT2D eigenvalue weighted by Gasteiger charge is -2.16. The molecule has 0 aliphatic rings. The number of guanidine groups is 1. The Labute approximate surface area is 161 Å². The molecule has 2 amide bonds. The molecule has 148 valence electrons. The van der Waals surface area contributed by atoms with Crippen LogP contribution in [0.3, 0.4) is 0 Å². The third-order valence-corrected chi connectivity index (χ3v) is 3.95. The summed E-state index contributed by atoms with van der Waals surface area (Å²) in [6.07, 6.45) is 0.404. The Morgan fingerprint density at radius 3 is 1.43 bits per heavy atom. The highest BCUT2D eigenvalue weighted by Crippen LogP contribution is 2.11. The van der Waals surface area contributed by atoms with E-state index in [9.17, 15) is 19.8 Å². The van der Waals surface area contributed by atoms with E-state index in [4.69, 9.17) is 16.9 Å². The summed E-state index contributed by atoms with van der Waals surface area (Å²) in [4.78, 5) is 24.1. The average Bonchev–Trinajstić information content (AvgIpc) is 2.65. The Hall–Kier alpha value is -3.43. The smallest absolute Gasteiger partial charge is 0.243 e. The molecule has 0 heterocycles. The standard InChI is InChI=1S/C19H23N5O4/c20-15(9-11-1-5-13(25)6-2-11)17(27)23-19(22)24-18(28)16(21)10-12-3-7-14(26)8-4-12/h1-8,15-16,25-26H,9-10,20-21H2,(H3,22,23,24,27,28). The molecule has 0 radical (unpaired) electrons. The fraction of sp³-hybridized carbons (Fsp3) is 0.211. The van der Waals surface area contributed by atoms with E-state index in [2.05, 4.69) is 10.6 Å². The Balaban J connectivity index is 1.80. The van der Waals surface area contributed by atoms with Gasteiger partial charge in [-0.05, 0) is 48.2 Å². The van der Waals surface area contributed by atoms with Gasteiger partial charge in [0.2, 0.25) is 17.8 Å². The molecule has 9 nitrogen and oxygen atoms in total. The minimum absolute atomic E-state index is 0.106. The number of carbonyl (C=O) groups is 2. The van der Waals surface area contributed by atoms with Crippen molar-refractivity contribution in [3.8, 4) is 11.5 Å². The van der Waals surface area contributed by atoms with Crippen molar-refractivity contribution in [3.05, 3.63) is 59.7 Å². The van der Waals surface area contributed by atoms with Crippen molar-refractivity contribution in [2.75, 3.05) is 0 Å². The van der Waals surface area contributed by atoms with Gasteiger partial charge < -0.3 is 21.7 Å². The van der Waals surface area contributed by atoms with Crippen LogP contribution in [-0.4, -0.2) is 40.1 Å². The van der Waals surface area contributed by atoms with Gasteiger partial charge in [-0.2, -0.15) is 0 Å². The highest BCUT2D eigenvalue weighted by Gasteiger charge is 2.19. The summed E-state index contributed by atoms with van der Waals surface area (Å²) < 4.78 is 0. The maximum Gasteiger partial charge on any atom is 0.243 e. The third kappa shape index (κ3) is 6.38. The molecule has 0 fully saturated rings. The average molecular weight is 385 g/mol. The predicted molar refractivity (Wildman–Crippen MR) is 104 cm³/mol. The second-order valence-electron chi connectivity index (χ2n) is 6.31. The lowest BCUT2D eigenvalue weighted by molar-refractivity contribution is -0.121. The number of benzene rings is 2. The minimum atomic E-state index is -0.938. The first kappa shape index (κ1) is 20.9. The zero-order valence-corrected chi connectivity index (χ0v) is 15.1. The second kappa shape index (κ2) is 9.49. The summed E-state index contributed by atoms with van der Waals surface area (Å²) in [7, 11) is 0. The molecule has 2 atom stereocenters. The summed E-state index contributed by atoms with van der Waals surface area (Å²) in [5.41, 5.74) is 13.1. The Morgan fingerprint density at radius 2 is 1.11 bits per heavy atom. The summed E-state index contributed by atoms with van der Waals surface area (Å²) in [6.45, 7) is 0. The molecule has 28 heavy (non-hydrogen) atoms. The lowest BCUT2D eigenvalue weighted by atomic mass is 10.1. The Kier molecular flexibility index (Phi) is 7.08. The number of carbonyl (C=O) groups excluding carboxylic acids is 2. The summed E-state index contributed by atoms with van der Waals surface area (Å²) in [6, 6.07) is 10.6. The second-order valence-corrected chi connectivity index (χ2v) is 6.31. The number of phenolic OH excluding ortho intramolecular Hbond substituents is 2. The van der Waals surface area contributed by atoms with Crippen molar-refractivity contribution < 1.29 is 19.8 Å². The van der Waals surface area contributed by atoms with Crippen molar-refractivity contribution >= 4 is 17.8 Å². The highest BCUT2D eigenvalue weighted by molar-refractivity contribution is 6.05. The van der Waals surface area contributed by atoms with Crippen LogP contribution in [0.25, 0.3) is 0 Å². The third-order valence-electron chi connectivity index (χ3n) is 3.95. The quantitative estimate of drug-likeness (QED) is 0.265. The molecular formula is C19H23N5O4. The first-order chi connectivity index (χ1) is 13.2. The molecule has 2 unspecified atom stereocenters. The molecule has 0 saturated heterocycles. The molecule has 0 aromatic heterocycles.